The van der Waals surface area contributed by atoms with Crippen LogP contribution in [-0.2, 0) is 0 Å². The fourth-order valence-electron chi connectivity index (χ4n) is 9.14. The molecule has 0 saturated carbocycles. The molecule has 298 valence electrons. The van der Waals surface area contributed by atoms with E-state index in [0.29, 0.717) is 0 Å². The minimum atomic E-state index is 0.924. The van der Waals surface area contributed by atoms with Crippen molar-refractivity contribution in [2.45, 2.75) is 83.1 Å². The third-order valence-electron chi connectivity index (χ3n) is 13.6. The van der Waals surface area contributed by atoms with Gasteiger partial charge in [0.2, 0.25) is 0 Å². The molecule has 0 radical (unpaired) electrons. The van der Waals surface area contributed by atoms with Gasteiger partial charge in [0.25, 0.3) is 0 Å². The number of hydrogen-bond donors (Lipinski definition) is 2. The summed E-state index contributed by atoms with van der Waals surface area (Å²) < 4.78 is 0. The average molecular weight is 783 g/mol. The van der Waals surface area contributed by atoms with E-state index in [0.717, 1.165) is 89.4 Å². The standard InChI is InChI=1S/C56H54N4/c1-29-21-41(22-30(2)37(29)9)53-45-13-15-47(57-45)54(42-23-31(3)38(10)32(4)24-42)49-17-19-51(59-49)56(44-27-35(7)40(12)36(8)28-44)52-20-18-50(60-52)55(48-16-14-46(53)58-48)43-25-33(5)39(11)34(6)26-43/h13-28,57,60H,1-12H3. The molecule has 2 N–H and O–H groups in total. The van der Waals surface area contributed by atoms with E-state index in [1.54, 1.807) is 0 Å². The normalized spacial score (nSPS) is 12.2. The van der Waals surface area contributed by atoms with E-state index in [4.69, 9.17) is 9.97 Å². The molecule has 2 aliphatic rings. The van der Waals surface area contributed by atoms with Gasteiger partial charge in [-0.1, -0.05) is 48.5 Å². The van der Waals surface area contributed by atoms with Gasteiger partial charge in [0.05, 0.1) is 22.8 Å². The van der Waals surface area contributed by atoms with Crippen molar-refractivity contribution in [2.24, 2.45) is 0 Å². The van der Waals surface area contributed by atoms with Crippen LogP contribution in [0.15, 0.2) is 72.8 Å². The maximum atomic E-state index is 5.58. The van der Waals surface area contributed by atoms with Crippen molar-refractivity contribution < 1.29 is 0 Å². The van der Waals surface area contributed by atoms with Crippen LogP contribution in [0.3, 0.4) is 0 Å². The lowest BCUT2D eigenvalue weighted by atomic mass is 9.95. The number of benzene rings is 4. The van der Waals surface area contributed by atoms with Crippen molar-refractivity contribution in [3.05, 3.63) is 162 Å². The highest BCUT2D eigenvalue weighted by Gasteiger charge is 2.21. The van der Waals surface area contributed by atoms with Crippen LogP contribution < -0.4 is 0 Å². The highest BCUT2D eigenvalue weighted by Crippen LogP contribution is 2.40. The van der Waals surface area contributed by atoms with Crippen molar-refractivity contribution in [1.29, 1.82) is 0 Å². The largest absolute Gasteiger partial charge is 0.354 e. The van der Waals surface area contributed by atoms with Crippen LogP contribution in [0.4, 0.5) is 0 Å². The number of aromatic nitrogens is 4. The Labute approximate surface area is 354 Å². The number of fused-ring (bicyclic) bond motifs is 8. The fourth-order valence-corrected chi connectivity index (χ4v) is 9.14. The molecule has 8 bridgehead atoms. The number of nitrogens with one attached hydrogen (secondary N) is 2. The lowest BCUT2D eigenvalue weighted by Gasteiger charge is -2.12. The van der Waals surface area contributed by atoms with Crippen LogP contribution in [0.1, 0.15) is 89.5 Å². The molecule has 4 aromatic carbocycles. The molecular weight excluding hydrogens is 729 g/mol. The van der Waals surface area contributed by atoms with Gasteiger partial charge in [-0.15, -0.1) is 0 Å². The highest BCUT2D eigenvalue weighted by molar-refractivity contribution is 6.00. The van der Waals surface area contributed by atoms with E-state index in [2.05, 4.69) is 190 Å². The monoisotopic (exact) mass is 782 g/mol. The molecule has 0 unspecified atom stereocenters. The molecule has 0 amide bonds. The van der Waals surface area contributed by atoms with Crippen molar-refractivity contribution >= 4 is 46.4 Å². The topological polar surface area (TPSA) is 57.4 Å². The van der Waals surface area contributed by atoms with Gasteiger partial charge in [-0.25, -0.2) is 9.97 Å². The van der Waals surface area contributed by atoms with Gasteiger partial charge < -0.3 is 9.97 Å². The molecule has 4 nitrogen and oxygen atoms in total. The van der Waals surface area contributed by atoms with Crippen molar-refractivity contribution in [1.82, 2.24) is 19.9 Å². The third-order valence-corrected chi connectivity index (χ3v) is 13.6. The maximum Gasteiger partial charge on any atom is 0.0737 e. The number of rotatable bonds is 4. The third kappa shape index (κ3) is 6.55. The summed E-state index contributed by atoms with van der Waals surface area (Å²) >= 11 is 0. The van der Waals surface area contributed by atoms with Gasteiger partial charge in [0.15, 0.2) is 0 Å². The molecule has 0 fully saturated rings. The van der Waals surface area contributed by atoms with Crippen LogP contribution in [-0.4, -0.2) is 19.9 Å². The Kier molecular flexibility index (Phi) is 9.51. The molecular formula is C56H54N4. The first-order chi connectivity index (χ1) is 28.7. The lowest BCUT2D eigenvalue weighted by Crippen LogP contribution is -1.94. The smallest absolute Gasteiger partial charge is 0.0737 e. The Morgan fingerprint density at radius 1 is 0.283 bits per heavy atom. The number of aromatic amines is 2. The molecule has 9 rings (SSSR count). The number of H-pyrrole nitrogens is 2. The van der Waals surface area contributed by atoms with E-state index >= 15 is 0 Å². The summed E-state index contributed by atoms with van der Waals surface area (Å²) in [4.78, 5) is 19.1. The van der Waals surface area contributed by atoms with Crippen LogP contribution in [0, 0.1) is 83.1 Å². The molecule has 0 spiro atoms. The summed E-state index contributed by atoms with van der Waals surface area (Å²) in [5, 5.41) is 0. The van der Waals surface area contributed by atoms with Gasteiger partial charge in [-0.05, 0) is 221 Å². The van der Waals surface area contributed by atoms with E-state index in [1.807, 2.05) is 0 Å². The molecule has 0 saturated heterocycles. The Bertz CT molecular complexity index is 2700. The zero-order valence-corrected chi connectivity index (χ0v) is 37.1. The predicted molar refractivity (Wildman–Crippen MR) is 257 cm³/mol. The van der Waals surface area contributed by atoms with Crippen molar-refractivity contribution in [2.75, 3.05) is 0 Å². The van der Waals surface area contributed by atoms with Gasteiger partial charge in [-0.2, -0.15) is 0 Å². The first-order valence-electron chi connectivity index (χ1n) is 21.2. The van der Waals surface area contributed by atoms with Gasteiger partial charge in [-0.3, -0.25) is 0 Å². The van der Waals surface area contributed by atoms with Crippen LogP contribution in [0.2, 0.25) is 0 Å². The van der Waals surface area contributed by atoms with Gasteiger partial charge in [0.1, 0.15) is 0 Å². The van der Waals surface area contributed by atoms with Gasteiger partial charge in [0, 0.05) is 44.3 Å². The summed E-state index contributed by atoms with van der Waals surface area (Å²) in [6.45, 7) is 26.5. The molecule has 2 aliphatic heterocycles. The molecule has 5 heterocycles. The van der Waals surface area contributed by atoms with Crippen molar-refractivity contribution in [3.8, 4) is 44.5 Å². The molecule has 7 aromatic rings. The number of aryl methyl sites for hydroxylation is 8. The summed E-state index contributed by atoms with van der Waals surface area (Å²) in [5.74, 6) is 0. The summed E-state index contributed by atoms with van der Waals surface area (Å²) in [7, 11) is 0. The highest BCUT2D eigenvalue weighted by atomic mass is 14.8. The zero-order chi connectivity index (χ0) is 42.3. The second-order valence-corrected chi connectivity index (χ2v) is 17.4. The Morgan fingerprint density at radius 2 is 0.467 bits per heavy atom. The number of hydrogen-bond acceptors (Lipinski definition) is 2. The molecule has 4 heteroatoms. The quantitative estimate of drug-likeness (QED) is 0.187. The van der Waals surface area contributed by atoms with Crippen LogP contribution >= 0.6 is 0 Å². The van der Waals surface area contributed by atoms with Crippen LogP contribution in [0.5, 0.6) is 0 Å². The van der Waals surface area contributed by atoms with E-state index in [9.17, 15) is 0 Å². The maximum absolute atomic E-state index is 5.58. The fraction of sp³-hybridized carbons (Fsp3) is 0.214. The SMILES string of the molecule is Cc1cc(-c2c3nc(c(-c4cc(C)c(C)c(C)c4)c4ccc([nH]4)c(-c4cc(C)c(C)c(C)c4)c4nc(c(-c5cc(C)c(C)c(C)c5)c5ccc2[nH]5)C=C4)C=C3)cc(C)c1C. The second kappa shape index (κ2) is 14.6. The average Bonchev–Trinajstić information content (AvgIpc) is 4.05. The lowest BCUT2D eigenvalue weighted by molar-refractivity contribution is 1.25. The van der Waals surface area contributed by atoms with E-state index in [-0.39, 0.29) is 0 Å². The Hall–Kier alpha value is -6.52. The van der Waals surface area contributed by atoms with Crippen LogP contribution in [0.25, 0.3) is 90.9 Å². The first kappa shape index (κ1) is 39.0. The van der Waals surface area contributed by atoms with E-state index < -0.39 is 0 Å². The first-order valence-corrected chi connectivity index (χ1v) is 21.2. The number of nitrogens with zero attached hydrogens (tertiary/aromatic N) is 2. The summed E-state index contributed by atoms with van der Waals surface area (Å²) in [6.07, 6.45) is 8.79. The minimum Gasteiger partial charge on any atom is -0.354 e. The van der Waals surface area contributed by atoms with Gasteiger partial charge >= 0.3 is 0 Å². The second-order valence-electron chi connectivity index (χ2n) is 17.4. The van der Waals surface area contributed by atoms with E-state index in [1.165, 1.54) is 66.8 Å². The minimum absolute atomic E-state index is 0.924. The summed E-state index contributed by atoms with van der Waals surface area (Å²) in [6, 6.07) is 27.4. The molecule has 3 aromatic heterocycles. The summed E-state index contributed by atoms with van der Waals surface area (Å²) in [5.41, 5.74) is 31.9. The Balaban J connectivity index is 1.51. The predicted octanol–water partition coefficient (Wildman–Crippen LogP) is 15.0. The molecule has 0 atom stereocenters. The Morgan fingerprint density at radius 3 is 0.650 bits per heavy atom. The molecule has 60 heavy (non-hydrogen) atoms. The van der Waals surface area contributed by atoms with Crippen molar-refractivity contribution in [3.63, 3.8) is 0 Å². The zero-order valence-electron chi connectivity index (χ0n) is 37.1. The molecule has 0 aliphatic carbocycles.